The highest BCUT2D eigenvalue weighted by molar-refractivity contribution is 6.33. The molecule has 1 saturated carbocycles. The quantitative estimate of drug-likeness (QED) is 0.617. The molecule has 1 aromatic rings. The predicted octanol–water partition coefficient (Wildman–Crippen LogP) is 6.10. The topological polar surface area (TPSA) is 17.1 Å². The summed E-state index contributed by atoms with van der Waals surface area (Å²) in [5.74, 6) is 1.38. The van der Waals surface area contributed by atoms with Crippen LogP contribution in [-0.4, -0.2) is 5.78 Å². The highest BCUT2D eigenvalue weighted by Crippen LogP contribution is 2.33. The lowest BCUT2D eigenvalue weighted by Gasteiger charge is -2.27. The van der Waals surface area contributed by atoms with Crippen LogP contribution in [0.4, 0.5) is 0 Å². The second-order valence-corrected chi connectivity index (χ2v) is 7.08. The molecule has 0 aromatic heterocycles. The first-order valence-corrected chi connectivity index (χ1v) is 8.82. The average molecular weight is 327 g/mol. The Bertz CT molecular complexity index is 476. The van der Waals surface area contributed by atoms with Crippen LogP contribution in [0, 0.1) is 11.8 Å². The maximum absolute atomic E-state index is 12.5. The van der Waals surface area contributed by atoms with Crippen LogP contribution in [0.5, 0.6) is 0 Å². The number of unbranched alkanes of at least 4 members (excludes halogenated alkanes) is 1. The van der Waals surface area contributed by atoms with E-state index in [0.717, 1.165) is 24.3 Å². The molecule has 1 nitrogen and oxygen atoms in total. The van der Waals surface area contributed by atoms with Gasteiger partial charge in [0.2, 0.25) is 0 Å². The molecule has 0 amide bonds. The molecule has 1 aliphatic rings. The van der Waals surface area contributed by atoms with E-state index in [9.17, 15) is 4.79 Å². The zero-order chi connectivity index (χ0) is 15.2. The molecule has 0 radical (unpaired) electrons. The van der Waals surface area contributed by atoms with Gasteiger partial charge in [0.15, 0.2) is 0 Å². The van der Waals surface area contributed by atoms with Gasteiger partial charge in [0.05, 0.1) is 0 Å². The van der Waals surface area contributed by atoms with Gasteiger partial charge in [-0.2, -0.15) is 0 Å². The lowest BCUT2D eigenvalue weighted by molar-refractivity contribution is -0.123. The second kappa shape index (κ2) is 8.19. The van der Waals surface area contributed by atoms with Gasteiger partial charge < -0.3 is 0 Å². The van der Waals surface area contributed by atoms with Crippen LogP contribution >= 0.6 is 23.2 Å². The van der Waals surface area contributed by atoms with Crippen molar-refractivity contribution in [2.75, 3.05) is 0 Å². The molecule has 1 fully saturated rings. The number of carbonyl (C=O) groups excluding carboxylic acids is 1. The van der Waals surface area contributed by atoms with Crippen molar-refractivity contribution in [2.45, 2.75) is 58.3 Å². The summed E-state index contributed by atoms with van der Waals surface area (Å²) in [5, 5.41) is 1.29. The first kappa shape index (κ1) is 16.8. The van der Waals surface area contributed by atoms with Gasteiger partial charge in [-0.05, 0) is 55.4 Å². The van der Waals surface area contributed by atoms with Gasteiger partial charge >= 0.3 is 0 Å². The molecule has 0 saturated heterocycles. The Balaban J connectivity index is 1.86. The fourth-order valence-electron chi connectivity index (χ4n) is 3.28. The molecule has 0 spiro atoms. The highest BCUT2D eigenvalue weighted by atomic mass is 35.5. The zero-order valence-corrected chi connectivity index (χ0v) is 14.2. The third kappa shape index (κ3) is 5.00. The van der Waals surface area contributed by atoms with Gasteiger partial charge in [0.1, 0.15) is 5.78 Å². The van der Waals surface area contributed by atoms with Crippen LogP contribution in [0.3, 0.4) is 0 Å². The van der Waals surface area contributed by atoms with E-state index in [1.807, 2.05) is 6.07 Å². The Morgan fingerprint density at radius 1 is 1.19 bits per heavy atom. The normalized spacial score (nSPS) is 22.2. The summed E-state index contributed by atoms with van der Waals surface area (Å²) in [5.41, 5.74) is 0.863. The van der Waals surface area contributed by atoms with Crippen molar-refractivity contribution in [1.29, 1.82) is 0 Å². The van der Waals surface area contributed by atoms with E-state index < -0.39 is 0 Å². The van der Waals surface area contributed by atoms with E-state index in [1.165, 1.54) is 32.1 Å². The number of benzene rings is 1. The third-order valence-electron chi connectivity index (χ3n) is 4.64. The summed E-state index contributed by atoms with van der Waals surface area (Å²) in [6, 6.07) is 5.35. The molecule has 1 aliphatic carbocycles. The molecule has 0 N–H and O–H groups in total. The van der Waals surface area contributed by atoms with Crippen LogP contribution < -0.4 is 0 Å². The third-order valence-corrected chi connectivity index (χ3v) is 5.24. The van der Waals surface area contributed by atoms with Crippen molar-refractivity contribution >= 4 is 29.0 Å². The molecule has 3 heteroatoms. The SMILES string of the molecule is CCCCC1CCC(C(=O)Cc2cc(Cl)ccc2Cl)CC1. The fraction of sp³-hybridized carbons (Fsp3) is 0.611. The Kier molecular flexibility index (Phi) is 6.57. The summed E-state index contributed by atoms with van der Waals surface area (Å²) < 4.78 is 0. The fourth-order valence-corrected chi connectivity index (χ4v) is 3.66. The standard InChI is InChI=1S/C18H24Cl2O/c1-2-3-4-13-5-7-14(8-6-13)18(21)12-15-11-16(19)9-10-17(15)20/h9-11,13-14H,2-8,12H2,1H3. The highest BCUT2D eigenvalue weighted by Gasteiger charge is 2.26. The zero-order valence-electron chi connectivity index (χ0n) is 12.7. The molecule has 0 heterocycles. The number of carbonyl (C=O) groups is 1. The first-order chi connectivity index (χ1) is 10.1. The second-order valence-electron chi connectivity index (χ2n) is 6.24. The number of ketones is 1. The molecule has 1 aromatic carbocycles. The number of rotatable bonds is 6. The maximum atomic E-state index is 12.5. The minimum absolute atomic E-state index is 0.220. The summed E-state index contributed by atoms with van der Waals surface area (Å²) in [6.45, 7) is 2.24. The average Bonchev–Trinajstić information content (AvgIpc) is 2.49. The Hall–Kier alpha value is -0.530. The number of hydrogen-bond acceptors (Lipinski definition) is 1. The number of Topliss-reactive ketones (excluding diaryl/α,β-unsaturated/α-hetero) is 1. The summed E-state index contributed by atoms with van der Waals surface area (Å²) in [4.78, 5) is 12.5. The summed E-state index contributed by atoms with van der Waals surface area (Å²) in [7, 11) is 0. The Morgan fingerprint density at radius 3 is 2.57 bits per heavy atom. The van der Waals surface area contributed by atoms with E-state index in [0.29, 0.717) is 22.2 Å². The van der Waals surface area contributed by atoms with Crippen molar-refractivity contribution in [3.05, 3.63) is 33.8 Å². The smallest absolute Gasteiger partial charge is 0.140 e. The van der Waals surface area contributed by atoms with Crippen LogP contribution in [0.25, 0.3) is 0 Å². The first-order valence-electron chi connectivity index (χ1n) is 8.06. The largest absolute Gasteiger partial charge is 0.299 e. The summed E-state index contributed by atoms with van der Waals surface area (Å²) >= 11 is 12.1. The lowest BCUT2D eigenvalue weighted by Crippen LogP contribution is -2.23. The Morgan fingerprint density at radius 2 is 1.90 bits per heavy atom. The van der Waals surface area contributed by atoms with Crippen molar-refractivity contribution in [3.63, 3.8) is 0 Å². The molecule has 116 valence electrons. The van der Waals surface area contributed by atoms with Gasteiger partial charge in [-0.1, -0.05) is 49.4 Å². The van der Waals surface area contributed by atoms with Gasteiger partial charge in [-0.3, -0.25) is 4.79 Å². The number of halogens is 2. The van der Waals surface area contributed by atoms with Crippen molar-refractivity contribution in [2.24, 2.45) is 11.8 Å². The van der Waals surface area contributed by atoms with Crippen molar-refractivity contribution in [3.8, 4) is 0 Å². The molecule has 0 bridgehead atoms. The van der Waals surface area contributed by atoms with E-state index in [-0.39, 0.29) is 5.92 Å². The molecule has 0 unspecified atom stereocenters. The molecule has 0 atom stereocenters. The van der Waals surface area contributed by atoms with E-state index in [4.69, 9.17) is 23.2 Å². The minimum Gasteiger partial charge on any atom is -0.299 e. The molecule has 0 aliphatic heterocycles. The Labute approximate surface area is 138 Å². The van der Waals surface area contributed by atoms with E-state index >= 15 is 0 Å². The van der Waals surface area contributed by atoms with E-state index in [1.54, 1.807) is 12.1 Å². The predicted molar refractivity (Wildman–Crippen MR) is 90.1 cm³/mol. The van der Waals surface area contributed by atoms with Gasteiger partial charge in [-0.15, -0.1) is 0 Å². The molecular formula is C18H24Cl2O. The van der Waals surface area contributed by atoms with Crippen molar-refractivity contribution < 1.29 is 4.79 Å². The monoisotopic (exact) mass is 326 g/mol. The van der Waals surface area contributed by atoms with Crippen molar-refractivity contribution in [1.82, 2.24) is 0 Å². The van der Waals surface area contributed by atoms with Gasteiger partial charge in [0.25, 0.3) is 0 Å². The van der Waals surface area contributed by atoms with E-state index in [2.05, 4.69) is 6.92 Å². The maximum Gasteiger partial charge on any atom is 0.140 e. The number of hydrogen-bond donors (Lipinski definition) is 0. The van der Waals surface area contributed by atoms with Gasteiger partial charge in [-0.25, -0.2) is 0 Å². The molecule has 21 heavy (non-hydrogen) atoms. The van der Waals surface area contributed by atoms with Crippen LogP contribution in [-0.2, 0) is 11.2 Å². The summed E-state index contributed by atoms with van der Waals surface area (Å²) in [6.07, 6.45) is 8.85. The van der Waals surface area contributed by atoms with Crippen LogP contribution in [0.1, 0.15) is 57.4 Å². The molecule has 2 rings (SSSR count). The van der Waals surface area contributed by atoms with Crippen LogP contribution in [0.15, 0.2) is 18.2 Å². The molecular weight excluding hydrogens is 303 g/mol. The van der Waals surface area contributed by atoms with Gasteiger partial charge in [0, 0.05) is 22.4 Å². The lowest BCUT2D eigenvalue weighted by atomic mass is 9.77. The minimum atomic E-state index is 0.220. The van der Waals surface area contributed by atoms with Crippen LogP contribution in [0.2, 0.25) is 10.0 Å².